The van der Waals surface area contributed by atoms with Crippen LogP contribution in [-0.4, -0.2) is 67.1 Å². The Morgan fingerprint density at radius 1 is 1.10 bits per heavy atom. The molecule has 0 radical (unpaired) electrons. The van der Waals surface area contributed by atoms with Gasteiger partial charge in [0.1, 0.15) is 6.04 Å². The summed E-state index contributed by atoms with van der Waals surface area (Å²) >= 11 is 0. The lowest BCUT2D eigenvalue weighted by molar-refractivity contribution is -0.934. The van der Waals surface area contributed by atoms with Gasteiger partial charge in [0.2, 0.25) is 0 Å². The van der Waals surface area contributed by atoms with E-state index in [9.17, 15) is 0 Å². The number of hydrogen-bond donors (Lipinski definition) is 0. The Morgan fingerprint density at radius 3 is 2.57 bits per heavy atom. The van der Waals surface area contributed by atoms with Gasteiger partial charge in [-0.25, -0.2) is 0 Å². The highest BCUT2D eigenvalue weighted by atomic mass is 15.4. The van der Waals surface area contributed by atoms with Crippen molar-refractivity contribution in [1.82, 2.24) is 9.80 Å². The maximum atomic E-state index is 2.71. The smallest absolute Gasteiger partial charge is 0.109 e. The first-order valence-corrected chi connectivity index (χ1v) is 8.48. The third-order valence-corrected chi connectivity index (χ3v) is 5.59. The largest absolute Gasteiger partial charge is 0.325 e. The number of quaternary nitrogens is 1. The van der Waals surface area contributed by atoms with Crippen LogP contribution in [0.15, 0.2) is 18.2 Å². The molecule has 3 aliphatic heterocycles. The molecule has 114 valence electrons. The average Bonchev–Trinajstić information content (AvgIpc) is 2.39. The molecule has 0 saturated carbocycles. The van der Waals surface area contributed by atoms with Crippen molar-refractivity contribution in [2.24, 2.45) is 0 Å². The molecule has 0 unspecified atom stereocenters. The van der Waals surface area contributed by atoms with Crippen LogP contribution in [0.2, 0.25) is 0 Å². The molecule has 0 spiro atoms. The van der Waals surface area contributed by atoms with Crippen molar-refractivity contribution in [2.45, 2.75) is 32.0 Å². The van der Waals surface area contributed by atoms with Crippen LogP contribution in [0.4, 0.5) is 0 Å². The predicted octanol–water partition coefficient (Wildman–Crippen LogP) is 1.71. The summed E-state index contributed by atoms with van der Waals surface area (Å²) in [4.78, 5) is 5.26. The van der Waals surface area contributed by atoms with Gasteiger partial charge >= 0.3 is 0 Å². The van der Waals surface area contributed by atoms with Gasteiger partial charge in [0.05, 0.1) is 27.2 Å². The molecule has 0 aromatic heterocycles. The van der Waals surface area contributed by atoms with Crippen LogP contribution in [0, 0.1) is 0 Å². The summed E-state index contributed by atoms with van der Waals surface area (Å²) in [6, 6.07) is 8.05. The monoisotopic (exact) mass is 286 g/mol. The fraction of sp³-hybridized carbons (Fsp3) is 0.667. The Kier molecular flexibility index (Phi) is 3.32. The van der Waals surface area contributed by atoms with Crippen LogP contribution in [0.3, 0.4) is 0 Å². The van der Waals surface area contributed by atoms with E-state index in [2.05, 4.69) is 42.1 Å². The number of likely N-dealkylation sites (N-methyl/N-ethyl adjacent to an activating group) is 1. The molecule has 0 bridgehead atoms. The van der Waals surface area contributed by atoms with Gasteiger partial charge in [0.15, 0.2) is 0 Å². The van der Waals surface area contributed by atoms with E-state index in [1.54, 1.807) is 11.1 Å². The van der Waals surface area contributed by atoms with Gasteiger partial charge in [-0.15, -0.1) is 0 Å². The van der Waals surface area contributed by atoms with Gasteiger partial charge in [-0.3, -0.25) is 9.80 Å². The van der Waals surface area contributed by atoms with Gasteiger partial charge < -0.3 is 4.48 Å². The molecular weight excluding hydrogens is 258 g/mol. The molecule has 2 saturated heterocycles. The summed E-state index contributed by atoms with van der Waals surface area (Å²) in [6.45, 7) is 8.81. The van der Waals surface area contributed by atoms with Crippen molar-refractivity contribution in [2.75, 3.05) is 46.8 Å². The first-order chi connectivity index (χ1) is 10.1. The van der Waals surface area contributed by atoms with Crippen molar-refractivity contribution in [3.05, 3.63) is 34.9 Å². The van der Waals surface area contributed by atoms with Crippen LogP contribution < -0.4 is 0 Å². The lowest BCUT2D eigenvalue weighted by atomic mass is 9.94. The SMILES string of the molecule is C[N+]1(C)CC(N2CCc3cc(CN4CCC4)ccc3C2)C1. The van der Waals surface area contributed by atoms with Gasteiger partial charge in [-0.2, -0.15) is 0 Å². The Balaban J connectivity index is 1.41. The van der Waals surface area contributed by atoms with Crippen LogP contribution in [0.5, 0.6) is 0 Å². The molecule has 21 heavy (non-hydrogen) atoms. The van der Waals surface area contributed by atoms with Gasteiger partial charge in [-0.05, 0) is 42.6 Å². The molecular formula is C18H28N3+. The van der Waals surface area contributed by atoms with E-state index in [-0.39, 0.29) is 0 Å². The topological polar surface area (TPSA) is 6.48 Å². The predicted molar refractivity (Wildman–Crippen MR) is 86.1 cm³/mol. The second-order valence-corrected chi connectivity index (χ2v) is 7.91. The molecule has 4 rings (SSSR count). The number of fused-ring (bicyclic) bond motifs is 1. The zero-order valence-corrected chi connectivity index (χ0v) is 13.5. The summed E-state index contributed by atoms with van der Waals surface area (Å²) < 4.78 is 1.20. The van der Waals surface area contributed by atoms with Crippen LogP contribution in [-0.2, 0) is 19.5 Å². The van der Waals surface area contributed by atoms with Crippen molar-refractivity contribution in [1.29, 1.82) is 0 Å². The van der Waals surface area contributed by atoms with E-state index >= 15 is 0 Å². The van der Waals surface area contributed by atoms with Gasteiger partial charge in [0, 0.05) is 19.6 Å². The second kappa shape index (κ2) is 5.08. The summed E-state index contributed by atoms with van der Waals surface area (Å²) in [5, 5.41) is 0. The highest BCUT2D eigenvalue weighted by Crippen LogP contribution is 2.27. The van der Waals surface area contributed by atoms with E-state index in [4.69, 9.17) is 0 Å². The maximum Gasteiger partial charge on any atom is 0.109 e. The minimum atomic E-state index is 0.814. The van der Waals surface area contributed by atoms with E-state index in [1.807, 2.05) is 0 Å². The quantitative estimate of drug-likeness (QED) is 0.781. The zero-order valence-electron chi connectivity index (χ0n) is 13.5. The lowest BCUT2D eigenvalue weighted by Crippen LogP contribution is -2.67. The van der Waals surface area contributed by atoms with E-state index in [0.717, 1.165) is 12.6 Å². The molecule has 1 aromatic carbocycles. The standard InChI is InChI=1S/C18H28N3/c1-21(2)13-18(14-21)20-9-6-16-10-15(4-5-17(16)12-20)11-19-7-3-8-19/h4-5,10,18H,3,6-9,11-14H2,1-2H3/q+1. The number of hydrogen-bond acceptors (Lipinski definition) is 2. The normalized spacial score (nSPS) is 26.0. The number of likely N-dealkylation sites (tertiary alicyclic amines) is 2. The van der Waals surface area contributed by atoms with Crippen LogP contribution in [0.25, 0.3) is 0 Å². The van der Waals surface area contributed by atoms with Gasteiger partial charge in [0.25, 0.3) is 0 Å². The molecule has 0 atom stereocenters. The van der Waals surface area contributed by atoms with Crippen molar-refractivity contribution in [3.8, 4) is 0 Å². The van der Waals surface area contributed by atoms with Crippen LogP contribution >= 0.6 is 0 Å². The molecule has 2 fully saturated rings. The Bertz CT molecular complexity index is 525. The van der Waals surface area contributed by atoms with Gasteiger partial charge in [-0.1, -0.05) is 18.2 Å². The summed E-state index contributed by atoms with van der Waals surface area (Å²) in [5.41, 5.74) is 4.70. The number of nitrogens with zero attached hydrogens (tertiary/aromatic N) is 3. The molecule has 0 amide bonds. The highest BCUT2D eigenvalue weighted by molar-refractivity contribution is 5.34. The Morgan fingerprint density at radius 2 is 1.90 bits per heavy atom. The molecule has 3 heterocycles. The third-order valence-electron chi connectivity index (χ3n) is 5.59. The summed E-state index contributed by atoms with van der Waals surface area (Å²) in [5.74, 6) is 0. The molecule has 0 aliphatic carbocycles. The first kappa shape index (κ1) is 13.7. The molecule has 3 heteroatoms. The summed E-state index contributed by atoms with van der Waals surface area (Å²) in [6.07, 6.45) is 2.63. The Hall–Kier alpha value is -0.900. The third kappa shape index (κ3) is 2.75. The molecule has 0 N–H and O–H groups in total. The fourth-order valence-corrected chi connectivity index (χ4v) is 4.15. The van der Waals surface area contributed by atoms with Crippen LogP contribution in [0.1, 0.15) is 23.1 Å². The molecule has 3 aliphatic rings. The van der Waals surface area contributed by atoms with E-state index < -0.39 is 0 Å². The Labute approximate surface area is 128 Å². The van der Waals surface area contributed by atoms with E-state index in [1.165, 1.54) is 62.2 Å². The zero-order chi connectivity index (χ0) is 14.4. The maximum absolute atomic E-state index is 2.71. The van der Waals surface area contributed by atoms with E-state index in [0.29, 0.717) is 0 Å². The van der Waals surface area contributed by atoms with Crippen molar-refractivity contribution >= 4 is 0 Å². The van der Waals surface area contributed by atoms with Crippen molar-refractivity contribution < 1.29 is 4.48 Å². The summed E-state index contributed by atoms with van der Waals surface area (Å²) in [7, 11) is 4.69. The minimum Gasteiger partial charge on any atom is -0.325 e. The molecule has 1 aromatic rings. The molecule has 3 nitrogen and oxygen atoms in total. The highest BCUT2D eigenvalue weighted by Gasteiger charge is 2.41. The second-order valence-electron chi connectivity index (χ2n) is 7.91. The minimum absolute atomic E-state index is 0.814. The first-order valence-electron chi connectivity index (χ1n) is 8.48. The number of rotatable bonds is 3. The van der Waals surface area contributed by atoms with Crippen molar-refractivity contribution in [3.63, 3.8) is 0 Å². The number of benzene rings is 1. The average molecular weight is 286 g/mol. The fourth-order valence-electron chi connectivity index (χ4n) is 4.15. The lowest BCUT2D eigenvalue weighted by Gasteiger charge is -2.50.